The highest BCUT2D eigenvalue weighted by Gasteiger charge is 2.21. The van der Waals surface area contributed by atoms with Crippen molar-refractivity contribution in [2.75, 3.05) is 5.88 Å². The maximum atomic E-state index is 9.44. The first-order valence-corrected chi connectivity index (χ1v) is 3.83. The van der Waals surface area contributed by atoms with Crippen molar-refractivity contribution in [2.45, 2.75) is 5.72 Å². The summed E-state index contributed by atoms with van der Waals surface area (Å²) in [5.41, 5.74) is 4.70. The number of hydrogen-bond donors (Lipinski definition) is 2. The predicted octanol–water partition coefficient (Wildman–Crippen LogP) is 1.03. The van der Waals surface area contributed by atoms with Gasteiger partial charge in [-0.05, 0) is 5.56 Å². The Bertz CT molecular complexity index is 223. The largest absolute Gasteiger partial charge is 0.371 e. The molecule has 1 rings (SSSR count). The van der Waals surface area contributed by atoms with Gasteiger partial charge in [0.25, 0.3) is 0 Å². The molecule has 0 spiro atoms. The van der Waals surface area contributed by atoms with Crippen molar-refractivity contribution in [3.63, 3.8) is 0 Å². The average Bonchev–Trinajstić information content (AvgIpc) is 2.06. The first-order chi connectivity index (χ1) is 5.17. The highest BCUT2D eigenvalue weighted by Crippen LogP contribution is 2.15. The van der Waals surface area contributed by atoms with Crippen LogP contribution in [0.1, 0.15) is 5.56 Å². The minimum absolute atomic E-state index is 0.00296. The summed E-state index contributed by atoms with van der Waals surface area (Å²) < 4.78 is 0. The Morgan fingerprint density at radius 3 is 2.36 bits per heavy atom. The highest BCUT2D eigenvalue weighted by molar-refractivity contribution is 6.18. The number of rotatable bonds is 2. The number of hydrogen-bond acceptors (Lipinski definition) is 2. The lowest BCUT2D eigenvalue weighted by atomic mass is 10.1. The molecule has 1 aromatic carbocycles. The molecule has 0 aliphatic heterocycles. The lowest BCUT2D eigenvalue weighted by molar-refractivity contribution is 0.0685. The third kappa shape index (κ3) is 1.93. The van der Waals surface area contributed by atoms with Crippen molar-refractivity contribution < 1.29 is 5.11 Å². The Hall–Kier alpha value is -0.570. The summed E-state index contributed by atoms with van der Waals surface area (Å²) >= 11 is 5.45. The Balaban J connectivity index is 2.93. The summed E-state index contributed by atoms with van der Waals surface area (Å²) in [7, 11) is 0. The monoisotopic (exact) mass is 171 g/mol. The van der Waals surface area contributed by atoms with E-state index in [-0.39, 0.29) is 5.88 Å². The summed E-state index contributed by atoms with van der Waals surface area (Å²) in [6.07, 6.45) is 0. The zero-order valence-corrected chi connectivity index (χ0v) is 6.75. The van der Waals surface area contributed by atoms with Crippen LogP contribution in [0.15, 0.2) is 30.3 Å². The minimum atomic E-state index is -1.40. The molecule has 0 saturated heterocycles. The van der Waals surface area contributed by atoms with E-state index < -0.39 is 5.72 Å². The van der Waals surface area contributed by atoms with Crippen LogP contribution < -0.4 is 5.73 Å². The standard InChI is InChI=1S/C8H10ClNO/c9-6-8(10,11)7-4-2-1-3-5-7/h1-5,11H,6,10H2. The molecule has 0 aliphatic rings. The zero-order valence-electron chi connectivity index (χ0n) is 6.00. The summed E-state index contributed by atoms with van der Waals surface area (Å²) in [4.78, 5) is 0. The highest BCUT2D eigenvalue weighted by atomic mass is 35.5. The van der Waals surface area contributed by atoms with Gasteiger partial charge in [-0.25, -0.2) is 0 Å². The average molecular weight is 172 g/mol. The molecular formula is C8H10ClNO. The third-order valence-corrected chi connectivity index (χ3v) is 1.88. The fraction of sp³-hybridized carbons (Fsp3) is 0.250. The van der Waals surface area contributed by atoms with Crippen LogP contribution in [0, 0.1) is 0 Å². The fourth-order valence-corrected chi connectivity index (χ4v) is 0.958. The van der Waals surface area contributed by atoms with E-state index in [1.165, 1.54) is 0 Å². The van der Waals surface area contributed by atoms with Crippen molar-refractivity contribution in [1.82, 2.24) is 0 Å². The second kappa shape index (κ2) is 3.22. The maximum absolute atomic E-state index is 9.44. The van der Waals surface area contributed by atoms with Crippen LogP contribution in [0.3, 0.4) is 0 Å². The molecule has 0 bridgehead atoms. The Kier molecular flexibility index (Phi) is 2.49. The van der Waals surface area contributed by atoms with Crippen LogP contribution in [0.2, 0.25) is 0 Å². The lowest BCUT2D eigenvalue weighted by Crippen LogP contribution is -2.38. The van der Waals surface area contributed by atoms with E-state index in [0.717, 1.165) is 0 Å². The van der Waals surface area contributed by atoms with E-state index in [9.17, 15) is 5.11 Å². The maximum Gasteiger partial charge on any atom is 0.153 e. The predicted molar refractivity (Wildman–Crippen MR) is 45.2 cm³/mol. The molecule has 0 amide bonds. The first kappa shape index (κ1) is 8.53. The molecule has 3 N–H and O–H groups in total. The van der Waals surface area contributed by atoms with Crippen molar-refractivity contribution in [1.29, 1.82) is 0 Å². The lowest BCUT2D eigenvalue weighted by Gasteiger charge is -2.19. The zero-order chi connectivity index (χ0) is 8.32. The van der Waals surface area contributed by atoms with Gasteiger partial charge in [0, 0.05) is 0 Å². The van der Waals surface area contributed by atoms with E-state index in [2.05, 4.69) is 0 Å². The van der Waals surface area contributed by atoms with Gasteiger partial charge >= 0.3 is 0 Å². The van der Waals surface area contributed by atoms with E-state index in [4.69, 9.17) is 17.3 Å². The molecular weight excluding hydrogens is 162 g/mol. The van der Waals surface area contributed by atoms with Crippen LogP contribution in [-0.4, -0.2) is 11.0 Å². The quantitative estimate of drug-likeness (QED) is 0.516. The summed E-state index contributed by atoms with van der Waals surface area (Å²) in [6, 6.07) is 8.94. The molecule has 1 aromatic rings. The van der Waals surface area contributed by atoms with E-state index in [1.807, 2.05) is 6.07 Å². The summed E-state index contributed by atoms with van der Waals surface area (Å²) in [6.45, 7) is 0. The van der Waals surface area contributed by atoms with Crippen LogP contribution in [0.5, 0.6) is 0 Å². The molecule has 1 atom stereocenters. The first-order valence-electron chi connectivity index (χ1n) is 3.29. The minimum Gasteiger partial charge on any atom is -0.371 e. The second-order valence-electron chi connectivity index (χ2n) is 2.42. The number of benzene rings is 1. The normalized spacial score (nSPS) is 15.9. The Morgan fingerprint density at radius 2 is 1.91 bits per heavy atom. The molecule has 3 heteroatoms. The van der Waals surface area contributed by atoms with Gasteiger partial charge in [-0.3, -0.25) is 5.73 Å². The van der Waals surface area contributed by atoms with Crippen molar-refractivity contribution in [3.8, 4) is 0 Å². The smallest absolute Gasteiger partial charge is 0.153 e. The molecule has 0 fully saturated rings. The molecule has 0 saturated carbocycles. The molecule has 2 nitrogen and oxygen atoms in total. The van der Waals surface area contributed by atoms with Crippen molar-refractivity contribution in [3.05, 3.63) is 35.9 Å². The fourth-order valence-electron chi connectivity index (χ4n) is 0.804. The number of halogens is 1. The molecule has 1 unspecified atom stereocenters. The van der Waals surface area contributed by atoms with Crippen molar-refractivity contribution >= 4 is 11.6 Å². The van der Waals surface area contributed by atoms with Gasteiger partial charge in [-0.1, -0.05) is 30.3 Å². The molecule has 11 heavy (non-hydrogen) atoms. The topological polar surface area (TPSA) is 46.2 Å². The van der Waals surface area contributed by atoms with Crippen LogP contribution in [0.25, 0.3) is 0 Å². The number of alkyl halides is 1. The van der Waals surface area contributed by atoms with Gasteiger partial charge in [0.2, 0.25) is 0 Å². The Morgan fingerprint density at radius 1 is 1.36 bits per heavy atom. The van der Waals surface area contributed by atoms with E-state index >= 15 is 0 Å². The van der Waals surface area contributed by atoms with Crippen LogP contribution in [0.4, 0.5) is 0 Å². The molecule has 0 heterocycles. The SMILES string of the molecule is NC(O)(CCl)c1ccccc1. The molecule has 0 radical (unpaired) electrons. The van der Waals surface area contributed by atoms with Crippen LogP contribution >= 0.6 is 11.6 Å². The molecule has 0 aromatic heterocycles. The number of nitrogens with two attached hydrogens (primary N) is 1. The molecule has 0 aliphatic carbocycles. The Labute approximate surface area is 70.6 Å². The second-order valence-corrected chi connectivity index (χ2v) is 2.69. The van der Waals surface area contributed by atoms with Gasteiger partial charge in [-0.15, -0.1) is 11.6 Å². The molecule has 60 valence electrons. The van der Waals surface area contributed by atoms with Crippen LogP contribution in [-0.2, 0) is 5.72 Å². The van der Waals surface area contributed by atoms with Gasteiger partial charge in [0.15, 0.2) is 5.72 Å². The van der Waals surface area contributed by atoms with Gasteiger partial charge in [-0.2, -0.15) is 0 Å². The summed E-state index contributed by atoms with van der Waals surface area (Å²) in [5.74, 6) is -0.00296. The van der Waals surface area contributed by atoms with E-state index in [0.29, 0.717) is 5.56 Å². The van der Waals surface area contributed by atoms with E-state index in [1.54, 1.807) is 24.3 Å². The summed E-state index contributed by atoms with van der Waals surface area (Å²) in [5, 5.41) is 9.44. The van der Waals surface area contributed by atoms with Gasteiger partial charge in [0.1, 0.15) is 0 Å². The van der Waals surface area contributed by atoms with Crippen molar-refractivity contribution in [2.24, 2.45) is 5.73 Å². The third-order valence-electron chi connectivity index (χ3n) is 1.48. The van der Waals surface area contributed by atoms with Gasteiger partial charge in [0.05, 0.1) is 5.88 Å². The number of aliphatic hydroxyl groups is 1. The van der Waals surface area contributed by atoms with Gasteiger partial charge < -0.3 is 5.11 Å².